The number of rotatable bonds is 5. The van der Waals surface area contributed by atoms with Crippen LogP contribution in [0.2, 0.25) is 0 Å². The predicted molar refractivity (Wildman–Crippen MR) is 80.9 cm³/mol. The molecule has 1 aromatic rings. The zero-order valence-corrected chi connectivity index (χ0v) is 13.0. The number of hydrogen-bond acceptors (Lipinski definition) is 4. The fourth-order valence-electron chi connectivity index (χ4n) is 3.17. The highest BCUT2D eigenvalue weighted by Gasteiger charge is 2.38. The van der Waals surface area contributed by atoms with Crippen LogP contribution in [-0.4, -0.2) is 29.1 Å². The molecular formula is C15H22N2O2S. The summed E-state index contributed by atoms with van der Waals surface area (Å²) in [5.41, 5.74) is 1.23. The number of hydrogen-bond donors (Lipinski definition) is 1. The molecule has 1 aliphatic heterocycles. The second-order valence-corrected chi connectivity index (χ2v) is 7.15. The Hall–Kier alpha value is -1.10. The van der Waals surface area contributed by atoms with Crippen molar-refractivity contribution in [3.63, 3.8) is 0 Å². The van der Waals surface area contributed by atoms with E-state index in [4.69, 9.17) is 0 Å². The van der Waals surface area contributed by atoms with Crippen LogP contribution in [0.4, 0.5) is 5.13 Å². The first kappa shape index (κ1) is 13.9. The molecule has 1 N–H and O–H groups in total. The molecule has 3 rings (SSSR count). The largest absolute Gasteiger partial charge is 0.477 e. The zero-order chi connectivity index (χ0) is 14.3. The first-order valence-electron chi connectivity index (χ1n) is 7.57. The summed E-state index contributed by atoms with van der Waals surface area (Å²) in [4.78, 5) is 18.8. The molecule has 2 fully saturated rings. The molecule has 5 heteroatoms. The van der Waals surface area contributed by atoms with Gasteiger partial charge in [0.05, 0.1) is 5.69 Å². The van der Waals surface area contributed by atoms with E-state index in [0.29, 0.717) is 16.2 Å². The second-order valence-electron chi connectivity index (χ2n) is 6.17. The first-order valence-corrected chi connectivity index (χ1v) is 8.39. The van der Waals surface area contributed by atoms with Crippen molar-refractivity contribution in [1.82, 2.24) is 4.98 Å². The van der Waals surface area contributed by atoms with E-state index in [1.807, 2.05) is 0 Å². The van der Waals surface area contributed by atoms with Crippen LogP contribution in [0.15, 0.2) is 0 Å². The fourth-order valence-corrected chi connectivity index (χ4v) is 4.18. The number of carboxylic acid groups (broad SMARTS) is 1. The van der Waals surface area contributed by atoms with E-state index in [1.54, 1.807) is 0 Å². The van der Waals surface area contributed by atoms with Crippen molar-refractivity contribution in [3.05, 3.63) is 10.6 Å². The van der Waals surface area contributed by atoms with Gasteiger partial charge in [-0.25, -0.2) is 9.78 Å². The van der Waals surface area contributed by atoms with Gasteiger partial charge in [0.15, 0.2) is 5.13 Å². The molecule has 20 heavy (non-hydrogen) atoms. The highest BCUT2D eigenvalue weighted by molar-refractivity contribution is 7.17. The van der Waals surface area contributed by atoms with E-state index in [1.165, 1.54) is 30.6 Å². The van der Waals surface area contributed by atoms with Crippen LogP contribution in [0.3, 0.4) is 0 Å². The van der Waals surface area contributed by atoms with Gasteiger partial charge >= 0.3 is 5.97 Å². The Morgan fingerprint density at radius 1 is 1.45 bits per heavy atom. The molecule has 0 atom stereocenters. The maximum atomic E-state index is 11.4. The lowest BCUT2D eigenvalue weighted by Crippen LogP contribution is -2.26. The molecule has 0 amide bonds. The number of aromatic nitrogens is 1. The van der Waals surface area contributed by atoms with Gasteiger partial charge in [-0.2, -0.15) is 0 Å². The smallest absolute Gasteiger partial charge is 0.347 e. The molecule has 1 aliphatic carbocycles. The summed E-state index contributed by atoms with van der Waals surface area (Å²) in [7, 11) is 0. The van der Waals surface area contributed by atoms with Crippen LogP contribution < -0.4 is 4.90 Å². The molecule has 4 nitrogen and oxygen atoms in total. The van der Waals surface area contributed by atoms with Crippen molar-refractivity contribution in [2.75, 3.05) is 18.0 Å². The quantitative estimate of drug-likeness (QED) is 0.899. The molecule has 0 unspecified atom stereocenters. The van der Waals surface area contributed by atoms with Gasteiger partial charge in [-0.1, -0.05) is 25.2 Å². The lowest BCUT2D eigenvalue weighted by molar-refractivity contribution is 0.0700. The van der Waals surface area contributed by atoms with E-state index >= 15 is 0 Å². The van der Waals surface area contributed by atoms with E-state index in [-0.39, 0.29) is 0 Å². The monoisotopic (exact) mass is 294 g/mol. The number of carbonyl (C=O) groups is 1. The third-order valence-electron chi connectivity index (χ3n) is 5.01. The normalized spacial score (nSPS) is 21.4. The second kappa shape index (κ2) is 5.02. The summed E-state index contributed by atoms with van der Waals surface area (Å²) >= 11 is 1.37. The van der Waals surface area contributed by atoms with E-state index < -0.39 is 5.97 Å². The average Bonchev–Trinajstić information content (AvgIpc) is 3.05. The first-order chi connectivity index (χ1) is 9.58. The van der Waals surface area contributed by atoms with Crippen molar-refractivity contribution in [2.45, 2.75) is 51.9 Å². The molecule has 1 saturated heterocycles. The molecule has 110 valence electrons. The van der Waals surface area contributed by atoms with Gasteiger partial charge < -0.3 is 10.0 Å². The Bertz CT molecular complexity index is 518. The SMILES string of the molecule is CCC1(CC)CCN(c2nc(C3CC3)c(C(=O)O)s2)C1. The summed E-state index contributed by atoms with van der Waals surface area (Å²) in [6, 6.07) is 0. The van der Waals surface area contributed by atoms with Gasteiger partial charge in [0.1, 0.15) is 4.88 Å². The molecular weight excluding hydrogens is 272 g/mol. The Labute approximate surface area is 123 Å². The Kier molecular flexibility index (Phi) is 3.48. The highest BCUT2D eigenvalue weighted by atomic mass is 32.1. The molecule has 2 aliphatic rings. The van der Waals surface area contributed by atoms with E-state index in [9.17, 15) is 9.90 Å². The van der Waals surface area contributed by atoms with Crippen LogP contribution in [0.25, 0.3) is 0 Å². The van der Waals surface area contributed by atoms with Crippen molar-refractivity contribution >= 4 is 22.4 Å². The Morgan fingerprint density at radius 3 is 2.65 bits per heavy atom. The third-order valence-corrected chi connectivity index (χ3v) is 6.13. The predicted octanol–water partition coefficient (Wildman–Crippen LogP) is 3.74. The van der Waals surface area contributed by atoms with Crippen LogP contribution in [0, 0.1) is 5.41 Å². The van der Waals surface area contributed by atoms with Gasteiger partial charge in [0.2, 0.25) is 0 Å². The lowest BCUT2D eigenvalue weighted by Gasteiger charge is -2.26. The van der Waals surface area contributed by atoms with Crippen molar-refractivity contribution in [2.24, 2.45) is 5.41 Å². The Balaban J connectivity index is 1.85. The highest BCUT2D eigenvalue weighted by Crippen LogP contribution is 2.46. The number of aromatic carboxylic acids is 1. The molecule has 0 spiro atoms. The van der Waals surface area contributed by atoms with Crippen LogP contribution in [0.1, 0.15) is 67.2 Å². The summed E-state index contributed by atoms with van der Waals surface area (Å²) in [6.45, 7) is 6.55. The third kappa shape index (κ3) is 2.32. The van der Waals surface area contributed by atoms with Crippen molar-refractivity contribution < 1.29 is 9.90 Å². The van der Waals surface area contributed by atoms with Crippen LogP contribution >= 0.6 is 11.3 Å². The summed E-state index contributed by atoms with van der Waals surface area (Å²) in [5.74, 6) is -0.414. The van der Waals surface area contributed by atoms with E-state index in [2.05, 4.69) is 23.7 Å². The molecule has 1 saturated carbocycles. The number of carboxylic acids is 1. The van der Waals surface area contributed by atoms with Crippen molar-refractivity contribution in [3.8, 4) is 0 Å². The molecule has 0 radical (unpaired) electrons. The molecule has 0 bridgehead atoms. The van der Waals surface area contributed by atoms with Gasteiger partial charge in [-0.05, 0) is 37.5 Å². The molecule has 2 heterocycles. The summed E-state index contributed by atoms with van der Waals surface area (Å²) in [5, 5.41) is 10.3. The van der Waals surface area contributed by atoms with Gasteiger partial charge in [0.25, 0.3) is 0 Å². The fraction of sp³-hybridized carbons (Fsp3) is 0.733. The maximum absolute atomic E-state index is 11.4. The number of nitrogens with zero attached hydrogens (tertiary/aromatic N) is 2. The zero-order valence-electron chi connectivity index (χ0n) is 12.2. The van der Waals surface area contributed by atoms with E-state index in [0.717, 1.165) is 36.8 Å². The summed E-state index contributed by atoms with van der Waals surface area (Å²) < 4.78 is 0. The minimum absolute atomic E-state index is 0.398. The number of thiazole rings is 1. The minimum atomic E-state index is -0.813. The van der Waals surface area contributed by atoms with Gasteiger partial charge in [-0.15, -0.1) is 0 Å². The van der Waals surface area contributed by atoms with Crippen molar-refractivity contribution in [1.29, 1.82) is 0 Å². The Morgan fingerprint density at radius 2 is 2.15 bits per heavy atom. The maximum Gasteiger partial charge on any atom is 0.347 e. The standard InChI is InChI=1S/C15H22N2O2S/c1-3-15(4-2)7-8-17(9-15)14-16-11(10-5-6-10)12(20-14)13(18)19/h10H,3-9H2,1-2H3,(H,18,19). The lowest BCUT2D eigenvalue weighted by atomic mass is 9.82. The molecule has 1 aromatic heterocycles. The topological polar surface area (TPSA) is 53.4 Å². The van der Waals surface area contributed by atoms with Crippen LogP contribution in [-0.2, 0) is 0 Å². The van der Waals surface area contributed by atoms with Gasteiger partial charge in [-0.3, -0.25) is 0 Å². The summed E-state index contributed by atoms with van der Waals surface area (Å²) in [6.07, 6.45) is 5.76. The molecule has 0 aromatic carbocycles. The average molecular weight is 294 g/mol. The van der Waals surface area contributed by atoms with Gasteiger partial charge in [0, 0.05) is 19.0 Å². The number of anilines is 1. The minimum Gasteiger partial charge on any atom is -0.477 e. The van der Waals surface area contributed by atoms with Crippen LogP contribution in [0.5, 0.6) is 0 Å².